The molecule has 0 spiro atoms. The van der Waals surface area contributed by atoms with Gasteiger partial charge in [0.1, 0.15) is 18.5 Å². The summed E-state index contributed by atoms with van der Waals surface area (Å²) in [6, 6.07) is 8.90. The van der Waals surface area contributed by atoms with Crippen LogP contribution in [-0.4, -0.2) is 41.9 Å². The lowest BCUT2D eigenvalue weighted by Gasteiger charge is -2.23. The molecule has 4 nitrogen and oxygen atoms in total. The quantitative estimate of drug-likeness (QED) is 0.768. The van der Waals surface area contributed by atoms with Gasteiger partial charge in [-0.3, -0.25) is 0 Å². The average molecular weight is 294 g/mol. The van der Waals surface area contributed by atoms with Gasteiger partial charge in [-0.05, 0) is 44.4 Å². The fraction of sp³-hybridized carbons (Fsp3) is 0.533. The number of nitrogens with zero attached hydrogens (tertiary/aromatic N) is 1. The van der Waals surface area contributed by atoms with E-state index in [2.05, 4.69) is 25.4 Å². The van der Waals surface area contributed by atoms with Crippen molar-refractivity contribution in [3.8, 4) is 11.8 Å². The molecule has 1 atom stereocenters. The third-order valence-corrected chi connectivity index (χ3v) is 4.16. The molecule has 5 heteroatoms. The predicted molar refractivity (Wildman–Crippen MR) is 83.1 cm³/mol. The first-order valence-corrected chi connectivity index (χ1v) is 7.76. The monoisotopic (exact) mass is 294 g/mol. The van der Waals surface area contributed by atoms with Crippen LogP contribution in [0.15, 0.2) is 24.3 Å². The molecule has 0 amide bonds. The number of hydrogen-bond acceptors (Lipinski definition) is 5. The summed E-state index contributed by atoms with van der Waals surface area (Å²) in [4.78, 5) is 0. The molecule has 0 aliphatic rings. The Bertz CT molecular complexity index is 440. The topological polar surface area (TPSA) is 65.3 Å². The number of benzene rings is 1. The molecule has 1 rings (SSSR count). The average Bonchev–Trinajstić information content (AvgIpc) is 2.45. The summed E-state index contributed by atoms with van der Waals surface area (Å²) >= 11 is 1.79. The minimum absolute atomic E-state index is 0.160. The van der Waals surface area contributed by atoms with E-state index < -0.39 is 6.10 Å². The van der Waals surface area contributed by atoms with Crippen LogP contribution in [0, 0.1) is 11.3 Å². The first-order valence-electron chi connectivity index (χ1n) is 6.54. The number of nitrogens with one attached hydrogen (secondary N) is 1. The molecular formula is C15H22N2O2S. The van der Waals surface area contributed by atoms with Gasteiger partial charge in [-0.25, -0.2) is 0 Å². The van der Waals surface area contributed by atoms with Gasteiger partial charge in [0.2, 0.25) is 0 Å². The Morgan fingerprint density at radius 2 is 2.05 bits per heavy atom. The molecule has 0 radical (unpaired) electrons. The van der Waals surface area contributed by atoms with Gasteiger partial charge in [0.25, 0.3) is 0 Å². The van der Waals surface area contributed by atoms with Crippen molar-refractivity contribution in [3.63, 3.8) is 0 Å². The fourth-order valence-electron chi connectivity index (χ4n) is 1.49. The Morgan fingerprint density at radius 3 is 2.60 bits per heavy atom. The smallest absolute Gasteiger partial charge is 0.119 e. The number of thioether (sulfide) groups is 1. The number of rotatable bonds is 8. The molecule has 0 saturated carbocycles. The van der Waals surface area contributed by atoms with Crippen molar-refractivity contribution in [1.82, 2.24) is 5.32 Å². The first-order chi connectivity index (χ1) is 9.46. The maximum Gasteiger partial charge on any atom is 0.119 e. The van der Waals surface area contributed by atoms with Crippen molar-refractivity contribution in [2.75, 3.05) is 26.0 Å². The fourth-order valence-corrected chi connectivity index (χ4v) is 1.74. The predicted octanol–water partition coefficient (Wildman–Crippen LogP) is 2.03. The molecule has 1 aromatic rings. The van der Waals surface area contributed by atoms with Gasteiger partial charge >= 0.3 is 0 Å². The summed E-state index contributed by atoms with van der Waals surface area (Å²) < 4.78 is 5.63. The molecule has 1 aromatic carbocycles. The molecule has 0 fully saturated rings. The van der Waals surface area contributed by atoms with Gasteiger partial charge in [-0.2, -0.15) is 17.0 Å². The molecule has 2 N–H and O–H groups in total. The van der Waals surface area contributed by atoms with Gasteiger partial charge in [0.05, 0.1) is 11.6 Å². The second-order valence-electron chi connectivity index (χ2n) is 5.20. The normalized spacial score (nSPS) is 12.8. The van der Waals surface area contributed by atoms with Crippen LogP contribution >= 0.6 is 11.8 Å². The zero-order valence-electron chi connectivity index (χ0n) is 12.2. The molecule has 20 heavy (non-hydrogen) atoms. The van der Waals surface area contributed by atoms with Crippen molar-refractivity contribution < 1.29 is 9.84 Å². The van der Waals surface area contributed by atoms with E-state index in [1.807, 2.05) is 6.07 Å². The Kier molecular flexibility index (Phi) is 6.86. The van der Waals surface area contributed by atoms with E-state index in [1.165, 1.54) is 0 Å². The summed E-state index contributed by atoms with van der Waals surface area (Å²) in [5.74, 6) is 0.660. The van der Waals surface area contributed by atoms with Gasteiger partial charge < -0.3 is 15.2 Å². The zero-order chi connectivity index (χ0) is 15.0. The number of nitriles is 1. The van der Waals surface area contributed by atoms with E-state index in [1.54, 1.807) is 36.0 Å². The van der Waals surface area contributed by atoms with Crippen LogP contribution in [-0.2, 0) is 0 Å². The Labute approximate surface area is 125 Å². The molecular weight excluding hydrogens is 272 g/mol. The second kappa shape index (κ2) is 8.15. The van der Waals surface area contributed by atoms with Crippen molar-refractivity contribution in [3.05, 3.63) is 29.8 Å². The molecule has 0 aliphatic heterocycles. The highest BCUT2D eigenvalue weighted by molar-refractivity contribution is 7.99. The van der Waals surface area contributed by atoms with Crippen molar-refractivity contribution in [2.45, 2.75) is 24.7 Å². The molecule has 0 saturated heterocycles. The van der Waals surface area contributed by atoms with E-state index in [0.717, 1.165) is 6.54 Å². The number of aliphatic hydroxyl groups excluding tert-OH is 1. The summed E-state index contributed by atoms with van der Waals surface area (Å²) in [6.45, 7) is 5.88. The maximum atomic E-state index is 9.83. The molecule has 0 heterocycles. The summed E-state index contributed by atoms with van der Waals surface area (Å²) in [5, 5.41) is 21.8. The lowest BCUT2D eigenvalue weighted by Crippen LogP contribution is -2.38. The summed E-state index contributed by atoms with van der Waals surface area (Å²) in [6.07, 6.45) is 1.52. The van der Waals surface area contributed by atoms with Crippen LogP contribution in [0.25, 0.3) is 0 Å². The Morgan fingerprint density at radius 1 is 1.40 bits per heavy atom. The molecule has 110 valence electrons. The van der Waals surface area contributed by atoms with Crippen LogP contribution in [0.3, 0.4) is 0 Å². The van der Waals surface area contributed by atoms with Crippen LogP contribution in [0.5, 0.6) is 5.75 Å². The minimum Gasteiger partial charge on any atom is -0.491 e. The Balaban J connectivity index is 2.25. The van der Waals surface area contributed by atoms with Gasteiger partial charge in [-0.15, -0.1) is 0 Å². The second-order valence-corrected chi connectivity index (χ2v) is 6.71. The SMILES string of the molecule is CSC(C)(C)CNCC(O)COc1ccc(C#N)cc1. The zero-order valence-corrected chi connectivity index (χ0v) is 13.0. The lowest BCUT2D eigenvalue weighted by molar-refractivity contribution is 0.106. The third kappa shape index (κ3) is 6.29. The van der Waals surface area contributed by atoms with E-state index in [4.69, 9.17) is 10.00 Å². The van der Waals surface area contributed by atoms with E-state index in [0.29, 0.717) is 17.9 Å². The van der Waals surface area contributed by atoms with Crippen LogP contribution in [0.4, 0.5) is 0 Å². The summed E-state index contributed by atoms with van der Waals surface area (Å²) in [7, 11) is 0. The number of aliphatic hydroxyl groups is 1. The standard InChI is InChI=1S/C15H22N2O2S/c1-15(2,20-3)11-17-9-13(18)10-19-14-6-4-12(8-16)5-7-14/h4-7,13,17-18H,9-11H2,1-3H3. The van der Waals surface area contributed by atoms with Crippen LogP contribution in [0.1, 0.15) is 19.4 Å². The lowest BCUT2D eigenvalue weighted by atomic mass is 10.2. The van der Waals surface area contributed by atoms with Gasteiger partial charge in [-0.1, -0.05) is 0 Å². The van der Waals surface area contributed by atoms with Gasteiger partial charge in [0, 0.05) is 17.8 Å². The molecule has 0 bridgehead atoms. The van der Waals surface area contributed by atoms with Gasteiger partial charge in [0.15, 0.2) is 0 Å². The first kappa shape index (κ1) is 16.8. The van der Waals surface area contributed by atoms with Crippen LogP contribution < -0.4 is 10.1 Å². The van der Waals surface area contributed by atoms with E-state index in [-0.39, 0.29) is 11.4 Å². The Hall–Kier alpha value is -1.22. The molecule has 0 aromatic heterocycles. The van der Waals surface area contributed by atoms with E-state index in [9.17, 15) is 5.11 Å². The van der Waals surface area contributed by atoms with Crippen molar-refractivity contribution in [2.24, 2.45) is 0 Å². The molecule has 0 aliphatic carbocycles. The molecule has 1 unspecified atom stereocenters. The summed E-state index contributed by atoms with van der Waals surface area (Å²) in [5.41, 5.74) is 0.596. The highest BCUT2D eigenvalue weighted by atomic mass is 32.2. The van der Waals surface area contributed by atoms with Crippen molar-refractivity contribution >= 4 is 11.8 Å². The minimum atomic E-state index is -0.553. The van der Waals surface area contributed by atoms with Crippen molar-refractivity contribution in [1.29, 1.82) is 5.26 Å². The largest absolute Gasteiger partial charge is 0.491 e. The number of ether oxygens (including phenoxy) is 1. The van der Waals surface area contributed by atoms with E-state index >= 15 is 0 Å². The highest BCUT2D eigenvalue weighted by Crippen LogP contribution is 2.19. The maximum absolute atomic E-state index is 9.83. The number of hydrogen-bond donors (Lipinski definition) is 2. The third-order valence-electron chi connectivity index (χ3n) is 2.91. The van der Waals surface area contributed by atoms with Crippen LogP contribution in [0.2, 0.25) is 0 Å². The highest BCUT2D eigenvalue weighted by Gasteiger charge is 2.15.